The van der Waals surface area contributed by atoms with E-state index in [1.807, 2.05) is 43.7 Å². The first-order valence-corrected chi connectivity index (χ1v) is 15.6. The van der Waals surface area contributed by atoms with Crippen LogP contribution in [0.2, 0.25) is 0 Å². The van der Waals surface area contributed by atoms with Crippen LogP contribution in [0.5, 0.6) is 0 Å². The smallest absolute Gasteiger partial charge is 0.410 e. The molecule has 1 amide bonds. The Bertz CT molecular complexity index is 1980. The van der Waals surface area contributed by atoms with Crippen LogP contribution in [-0.4, -0.2) is 54.2 Å². The Morgan fingerprint density at radius 1 is 1.07 bits per heavy atom. The van der Waals surface area contributed by atoms with Gasteiger partial charge in [-0.3, -0.25) is 4.68 Å². The predicted octanol–water partition coefficient (Wildman–Crippen LogP) is 7.42. The standard InChI is InChI=1S/C35H37F2N7O2/c1-21(2)14-30-26(17-38)32(23-7-9-31-24(16-23)18-39-43(31)20-22-6-8-28(36)29(37)15-22)27-19-40-44(33(27)41-30)25-10-12-42(13-11-25)34(45)46-35(3,4)5/h6-9,15-16,18-19,21,25H,10-14,20H2,1-5H3. The number of hydrogen-bond donors (Lipinski definition) is 0. The van der Waals surface area contributed by atoms with Crippen molar-refractivity contribution in [1.82, 2.24) is 29.4 Å². The number of carbonyl (C=O) groups excluding carboxylic acids is 1. The van der Waals surface area contributed by atoms with Crippen molar-refractivity contribution in [2.45, 2.75) is 72.1 Å². The summed E-state index contributed by atoms with van der Waals surface area (Å²) < 4.78 is 36.6. The summed E-state index contributed by atoms with van der Waals surface area (Å²) in [5.74, 6) is -1.51. The molecule has 11 heteroatoms. The molecule has 6 rings (SSSR count). The van der Waals surface area contributed by atoms with Crippen molar-refractivity contribution in [2.75, 3.05) is 13.1 Å². The molecule has 0 unspecified atom stereocenters. The van der Waals surface area contributed by atoms with E-state index < -0.39 is 17.2 Å². The summed E-state index contributed by atoms with van der Waals surface area (Å²) >= 11 is 0. The molecular formula is C35H37F2N7O2. The van der Waals surface area contributed by atoms with E-state index in [-0.39, 0.29) is 24.6 Å². The van der Waals surface area contributed by atoms with E-state index in [2.05, 4.69) is 25.0 Å². The first kappa shape index (κ1) is 31.1. The fourth-order valence-corrected chi connectivity index (χ4v) is 6.13. The van der Waals surface area contributed by atoms with Crippen molar-refractivity contribution in [3.05, 3.63) is 77.2 Å². The molecule has 9 nitrogen and oxygen atoms in total. The average molecular weight is 626 g/mol. The molecule has 0 aliphatic carbocycles. The Balaban J connectivity index is 1.37. The van der Waals surface area contributed by atoms with E-state index >= 15 is 0 Å². The number of rotatable bonds is 6. The molecular weight excluding hydrogens is 588 g/mol. The summed E-state index contributed by atoms with van der Waals surface area (Å²) in [5, 5.41) is 21.4. The van der Waals surface area contributed by atoms with Gasteiger partial charge >= 0.3 is 6.09 Å². The quantitative estimate of drug-likeness (QED) is 0.195. The Kier molecular flexibility index (Phi) is 8.23. The van der Waals surface area contributed by atoms with E-state index in [0.29, 0.717) is 43.5 Å². The maximum Gasteiger partial charge on any atom is 0.410 e. The number of nitriles is 1. The van der Waals surface area contributed by atoms with Crippen LogP contribution < -0.4 is 0 Å². The van der Waals surface area contributed by atoms with Gasteiger partial charge in [-0.1, -0.05) is 26.0 Å². The van der Waals surface area contributed by atoms with Crippen molar-refractivity contribution in [1.29, 1.82) is 5.26 Å². The van der Waals surface area contributed by atoms with Gasteiger partial charge in [-0.15, -0.1) is 0 Å². The molecule has 46 heavy (non-hydrogen) atoms. The van der Waals surface area contributed by atoms with Gasteiger partial charge in [-0.2, -0.15) is 15.5 Å². The van der Waals surface area contributed by atoms with Crippen LogP contribution in [0.25, 0.3) is 33.1 Å². The second-order valence-corrected chi connectivity index (χ2v) is 13.4. The second-order valence-electron chi connectivity index (χ2n) is 13.4. The molecule has 1 saturated heterocycles. The number of carbonyl (C=O) groups is 1. The zero-order valence-corrected chi connectivity index (χ0v) is 26.7. The van der Waals surface area contributed by atoms with Crippen LogP contribution in [0.1, 0.15) is 70.3 Å². The fourth-order valence-electron chi connectivity index (χ4n) is 6.13. The highest BCUT2D eigenvalue weighted by Crippen LogP contribution is 2.37. The summed E-state index contributed by atoms with van der Waals surface area (Å²) in [4.78, 5) is 19.4. The third-order valence-electron chi connectivity index (χ3n) is 8.24. The molecule has 2 aromatic carbocycles. The van der Waals surface area contributed by atoms with E-state index in [9.17, 15) is 18.8 Å². The zero-order chi connectivity index (χ0) is 32.7. The normalized spacial score (nSPS) is 14.4. The Labute approximate surface area is 266 Å². The number of aromatic nitrogens is 5. The van der Waals surface area contributed by atoms with Crippen molar-refractivity contribution in [3.8, 4) is 17.2 Å². The van der Waals surface area contributed by atoms with Crippen LogP contribution >= 0.6 is 0 Å². The molecule has 0 N–H and O–H groups in total. The highest BCUT2D eigenvalue weighted by molar-refractivity contribution is 5.98. The van der Waals surface area contributed by atoms with Gasteiger partial charge in [-0.05, 0) is 81.3 Å². The molecule has 0 radical (unpaired) electrons. The number of piperidine rings is 1. The number of nitrogens with zero attached hydrogens (tertiary/aromatic N) is 7. The summed E-state index contributed by atoms with van der Waals surface area (Å²) in [6.45, 7) is 11.2. The zero-order valence-electron chi connectivity index (χ0n) is 26.7. The average Bonchev–Trinajstić information content (AvgIpc) is 3.61. The van der Waals surface area contributed by atoms with Gasteiger partial charge in [0.2, 0.25) is 0 Å². The number of fused-ring (bicyclic) bond motifs is 2. The number of benzene rings is 2. The van der Waals surface area contributed by atoms with Crippen LogP contribution in [0, 0.1) is 28.9 Å². The Morgan fingerprint density at radius 2 is 1.83 bits per heavy atom. The molecule has 3 aromatic heterocycles. The third-order valence-corrected chi connectivity index (χ3v) is 8.24. The maximum absolute atomic E-state index is 13.8. The molecule has 4 heterocycles. The minimum atomic E-state index is -0.895. The number of halogens is 2. The monoisotopic (exact) mass is 625 g/mol. The Hall–Kier alpha value is -4.85. The molecule has 0 spiro atoms. The molecule has 1 aliphatic rings. The largest absolute Gasteiger partial charge is 0.444 e. The third kappa shape index (κ3) is 6.16. The van der Waals surface area contributed by atoms with Crippen molar-refractivity contribution in [3.63, 3.8) is 0 Å². The first-order chi connectivity index (χ1) is 21.9. The highest BCUT2D eigenvalue weighted by Gasteiger charge is 2.30. The van der Waals surface area contributed by atoms with Gasteiger partial charge in [0, 0.05) is 29.4 Å². The lowest BCUT2D eigenvalue weighted by molar-refractivity contribution is 0.0186. The van der Waals surface area contributed by atoms with Crippen LogP contribution in [-0.2, 0) is 17.7 Å². The van der Waals surface area contributed by atoms with Gasteiger partial charge in [0.1, 0.15) is 11.7 Å². The van der Waals surface area contributed by atoms with Gasteiger partial charge in [0.05, 0.1) is 41.8 Å². The Morgan fingerprint density at radius 3 is 2.50 bits per heavy atom. The minimum absolute atomic E-state index is 0.0355. The second kappa shape index (κ2) is 12.2. The number of amides is 1. The predicted molar refractivity (Wildman–Crippen MR) is 171 cm³/mol. The number of hydrogen-bond acceptors (Lipinski definition) is 6. The highest BCUT2D eigenvalue weighted by atomic mass is 19.2. The molecule has 1 fully saturated rings. The minimum Gasteiger partial charge on any atom is -0.444 e. The van der Waals surface area contributed by atoms with Gasteiger partial charge < -0.3 is 9.64 Å². The van der Waals surface area contributed by atoms with Crippen molar-refractivity contribution < 1.29 is 18.3 Å². The molecule has 238 valence electrons. The number of ether oxygens (including phenoxy) is 1. The van der Waals surface area contributed by atoms with Crippen LogP contribution in [0.3, 0.4) is 0 Å². The van der Waals surface area contributed by atoms with Crippen LogP contribution in [0.15, 0.2) is 48.8 Å². The first-order valence-electron chi connectivity index (χ1n) is 15.6. The number of pyridine rings is 1. The van der Waals surface area contributed by atoms with E-state index in [1.54, 1.807) is 28.0 Å². The molecule has 0 atom stereocenters. The van der Waals surface area contributed by atoms with E-state index in [1.165, 1.54) is 6.07 Å². The van der Waals surface area contributed by atoms with E-state index in [4.69, 9.17) is 14.8 Å². The van der Waals surface area contributed by atoms with Gasteiger partial charge in [0.15, 0.2) is 17.3 Å². The van der Waals surface area contributed by atoms with E-state index in [0.717, 1.165) is 44.8 Å². The lowest BCUT2D eigenvalue weighted by atomic mass is 9.93. The van der Waals surface area contributed by atoms with Gasteiger partial charge in [0.25, 0.3) is 0 Å². The molecule has 5 aromatic rings. The molecule has 0 saturated carbocycles. The summed E-state index contributed by atoms with van der Waals surface area (Å²) in [5.41, 5.74) is 4.45. The SMILES string of the molecule is CC(C)Cc1nc2c(cnn2C2CCN(C(=O)OC(C)(C)C)CC2)c(-c2ccc3c(cnn3Cc3ccc(F)c(F)c3)c2)c1C#N. The molecule has 0 bridgehead atoms. The van der Waals surface area contributed by atoms with Crippen molar-refractivity contribution >= 4 is 28.0 Å². The number of likely N-dealkylation sites (tertiary alicyclic amines) is 1. The lowest BCUT2D eigenvalue weighted by Crippen LogP contribution is -2.42. The summed E-state index contributed by atoms with van der Waals surface area (Å²) in [6.07, 6.45) is 5.25. The lowest BCUT2D eigenvalue weighted by Gasteiger charge is -2.33. The maximum atomic E-state index is 13.8. The van der Waals surface area contributed by atoms with Crippen molar-refractivity contribution in [2.24, 2.45) is 5.92 Å². The topological polar surface area (TPSA) is 102 Å². The summed E-state index contributed by atoms with van der Waals surface area (Å²) in [6, 6.07) is 12.2. The van der Waals surface area contributed by atoms with Gasteiger partial charge in [-0.25, -0.2) is 23.2 Å². The fraction of sp³-hybridized carbons (Fsp3) is 0.400. The molecule has 1 aliphatic heterocycles. The van der Waals surface area contributed by atoms with Crippen LogP contribution in [0.4, 0.5) is 13.6 Å². The summed E-state index contributed by atoms with van der Waals surface area (Å²) in [7, 11) is 0.